The van der Waals surface area contributed by atoms with Crippen LogP contribution in [0, 0.1) is 16.7 Å². The molecule has 0 fully saturated rings. The highest BCUT2D eigenvalue weighted by molar-refractivity contribution is 8.36. The molecule has 0 rings (SSSR count). The molecule has 46 valence electrons. The Labute approximate surface area is 48.6 Å². The van der Waals surface area contributed by atoms with Gasteiger partial charge in [-0.2, -0.15) is 5.26 Å². The maximum Gasteiger partial charge on any atom is 0.217 e. The average Bonchev–Trinajstić information content (AvgIpc) is 1.62. The molecule has 0 atom stereocenters. The van der Waals surface area contributed by atoms with Crippen molar-refractivity contribution in [1.29, 1.82) is 10.7 Å². The van der Waals surface area contributed by atoms with E-state index in [1.165, 1.54) is 6.07 Å². The molecule has 0 heterocycles. The highest BCUT2D eigenvalue weighted by Crippen LogP contribution is 2.33. The van der Waals surface area contributed by atoms with Crippen LogP contribution in [0.25, 0.3) is 0 Å². The van der Waals surface area contributed by atoms with Gasteiger partial charge in [0.2, 0.25) is 5.04 Å². The van der Waals surface area contributed by atoms with Gasteiger partial charge in [-0.15, -0.1) is 10.6 Å². The Morgan fingerprint density at radius 2 is 2.12 bits per heavy atom. The van der Waals surface area contributed by atoms with Crippen LogP contribution >= 0.6 is 10.6 Å². The highest BCUT2D eigenvalue weighted by atomic mass is 32.3. The predicted molar refractivity (Wildman–Crippen MR) is 32.1 cm³/mol. The van der Waals surface area contributed by atoms with Crippen LogP contribution in [0.2, 0.25) is 0 Å². The van der Waals surface area contributed by atoms with Gasteiger partial charge in [-0.1, -0.05) is 0 Å². The summed E-state index contributed by atoms with van der Waals surface area (Å²) in [6, 6.07) is 1.33. The summed E-state index contributed by atoms with van der Waals surface area (Å²) in [5.74, 6) is 0. The van der Waals surface area contributed by atoms with Gasteiger partial charge < -0.3 is 0 Å². The lowest BCUT2D eigenvalue weighted by atomic mass is 10.9. The van der Waals surface area contributed by atoms with E-state index in [0.717, 1.165) is 6.26 Å². The fraction of sp³-hybridized carbons (Fsp3) is 0.333. The number of nitrogens with zero attached hydrogens (tertiary/aromatic N) is 1. The van der Waals surface area contributed by atoms with Crippen LogP contribution in [-0.2, 0) is 0 Å². The normalized spacial score (nSPS) is 12.2. The van der Waals surface area contributed by atoms with Crippen LogP contribution < -0.4 is 0 Å². The third-order valence-electron chi connectivity index (χ3n) is 0.488. The molecule has 0 spiro atoms. The van der Waals surface area contributed by atoms with Gasteiger partial charge in [-0.3, -0.25) is 14.5 Å². The standard InChI is InChI=1S/C3H6N2O2S/c1-8(6,7)3(5)2-4/h5-7H,1H3. The SMILES string of the molecule is CS(O)(O)C(=N)C#N. The molecule has 0 saturated heterocycles. The lowest BCUT2D eigenvalue weighted by Crippen LogP contribution is -2.04. The van der Waals surface area contributed by atoms with Crippen molar-refractivity contribution >= 4 is 15.6 Å². The second-order valence-electron chi connectivity index (χ2n) is 1.27. The van der Waals surface area contributed by atoms with Gasteiger partial charge in [0, 0.05) is 6.26 Å². The lowest BCUT2D eigenvalue weighted by molar-refractivity contribution is 0.511. The van der Waals surface area contributed by atoms with Crippen molar-refractivity contribution in [2.24, 2.45) is 0 Å². The molecule has 0 aromatic rings. The smallest absolute Gasteiger partial charge is 0.217 e. The minimum Gasteiger partial charge on any atom is -0.293 e. The molecule has 0 radical (unpaired) electrons. The van der Waals surface area contributed by atoms with Crippen LogP contribution in [-0.4, -0.2) is 20.4 Å². The maximum absolute atomic E-state index is 8.48. The summed E-state index contributed by atoms with van der Waals surface area (Å²) in [5.41, 5.74) is 0. The number of hydrogen-bond donors (Lipinski definition) is 3. The zero-order valence-electron chi connectivity index (χ0n) is 4.25. The van der Waals surface area contributed by atoms with E-state index in [4.69, 9.17) is 19.8 Å². The van der Waals surface area contributed by atoms with Crippen molar-refractivity contribution in [3.05, 3.63) is 0 Å². The van der Waals surface area contributed by atoms with Gasteiger partial charge in [0.25, 0.3) is 0 Å². The highest BCUT2D eigenvalue weighted by Gasteiger charge is 2.09. The first kappa shape index (κ1) is 7.43. The van der Waals surface area contributed by atoms with Crippen LogP contribution in [0.15, 0.2) is 0 Å². The van der Waals surface area contributed by atoms with E-state index in [0.29, 0.717) is 0 Å². The number of hydrogen-bond acceptors (Lipinski definition) is 4. The Balaban J connectivity index is 4.09. The summed E-state index contributed by atoms with van der Waals surface area (Å²) < 4.78 is 17.0. The Morgan fingerprint density at radius 3 is 2.12 bits per heavy atom. The van der Waals surface area contributed by atoms with Gasteiger partial charge in [-0.05, 0) is 0 Å². The molecule has 4 nitrogen and oxygen atoms in total. The molecule has 3 N–H and O–H groups in total. The third-order valence-corrected chi connectivity index (χ3v) is 1.35. The molecule has 0 aromatic carbocycles. The summed E-state index contributed by atoms with van der Waals surface area (Å²) in [6.07, 6.45) is 1.04. The van der Waals surface area contributed by atoms with Gasteiger partial charge in [0.15, 0.2) is 0 Å². The van der Waals surface area contributed by atoms with E-state index >= 15 is 0 Å². The fourth-order valence-electron chi connectivity index (χ4n) is 0.0865. The minimum absolute atomic E-state index is 0.669. The molecular formula is C3H6N2O2S. The molecule has 0 aliphatic rings. The molecule has 0 aliphatic carbocycles. The summed E-state index contributed by atoms with van der Waals surface area (Å²) in [6.45, 7) is 0. The second-order valence-corrected chi connectivity index (χ2v) is 3.35. The Hall–Kier alpha value is -0.570. The molecule has 0 bridgehead atoms. The van der Waals surface area contributed by atoms with Crippen LogP contribution in [0.5, 0.6) is 0 Å². The Bertz CT molecular complexity index is 142. The van der Waals surface area contributed by atoms with Gasteiger partial charge in [0.05, 0.1) is 0 Å². The van der Waals surface area contributed by atoms with Crippen LogP contribution in [0.3, 0.4) is 0 Å². The average molecular weight is 134 g/mol. The molecule has 0 amide bonds. The first-order valence-electron chi connectivity index (χ1n) is 1.70. The predicted octanol–water partition coefficient (Wildman–Crippen LogP) is 0.868. The van der Waals surface area contributed by atoms with E-state index in [2.05, 4.69) is 0 Å². The van der Waals surface area contributed by atoms with Crippen LogP contribution in [0.1, 0.15) is 0 Å². The topological polar surface area (TPSA) is 88.1 Å². The zero-order valence-corrected chi connectivity index (χ0v) is 5.07. The summed E-state index contributed by atoms with van der Waals surface area (Å²) in [4.78, 5) is 0. The van der Waals surface area contributed by atoms with E-state index < -0.39 is 15.6 Å². The van der Waals surface area contributed by atoms with Gasteiger partial charge in [-0.25, -0.2) is 0 Å². The number of rotatable bonds is 0. The third kappa shape index (κ3) is 1.93. The summed E-state index contributed by atoms with van der Waals surface area (Å²) in [7, 11) is -3.03. The molecular weight excluding hydrogens is 128 g/mol. The summed E-state index contributed by atoms with van der Waals surface area (Å²) >= 11 is 0. The Kier molecular flexibility index (Phi) is 1.98. The monoisotopic (exact) mass is 134 g/mol. The molecule has 0 unspecified atom stereocenters. The van der Waals surface area contributed by atoms with Crippen molar-refractivity contribution in [2.45, 2.75) is 0 Å². The van der Waals surface area contributed by atoms with E-state index in [-0.39, 0.29) is 0 Å². The maximum atomic E-state index is 8.48. The lowest BCUT2D eigenvalue weighted by Gasteiger charge is -2.21. The van der Waals surface area contributed by atoms with E-state index in [1.807, 2.05) is 0 Å². The first-order valence-corrected chi connectivity index (χ1v) is 3.66. The number of nitriles is 1. The molecule has 0 aromatic heterocycles. The molecule has 0 aliphatic heterocycles. The van der Waals surface area contributed by atoms with Crippen molar-refractivity contribution in [1.82, 2.24) is 0 Å². The zero-order chi connectivity index (χ0) is 6.78. The molecule has 5 heteroatoms. The van der Waals surface area contributed by atoms with Crippen molar-refractivity contribution in [3.8, 4) is 6.07 Å². The van der Waals surface area contributed by atoms with E-state index in [9.17, 15) is 0 Å². The quantitative estimate of drug-likeness (QED) is 0.339. The fourth-order valence-corrected chi connectivity index (χ4v) is 0.259. The van der Waals surface area contributed by atoms with Crippen molar-refractivity contribution in [2.75, 3.05) is 6.26 Å². The van der Waals surface area contributed by atoms with E-state index in [1.54, 1.807) is 0 Å². The second kappa shape index (κ2) is 2.13. The van der Waals surface area contributed by atoms with Crippen molar-refractivity contribution in [3.63, 3.8) is 0 Å². The van der Waals surface area contributed by atoms with Crippen molar-refractivity contribution < 1.29 is 9.11 Å². The van der Waals surface area contributed by atoms with Crippen LogP contribution in [0.4, 0.5) is 0 Å². The molecule has 0 saturated carbocycles. The van der Waals surface area contributed by atoms with Gasteiger partial charge >= 0.3 is 0 Å². The molecule has 8 heavy (non-hydrogen) atoms. The summed E-state index contributed by atoms with van der Waals surface area (Å²) in [5, 5.41) is 13.8. The minimum atomic E-state index is -3.03. The largest absolute Gasteiger partial charge is 0.293 e. The Morgan fingerprint density at radius 1 is 1.75 bits per heavy atom. The number of nitrogens with one attached hydrogen (secondary N) is 1. The first-order chi connectivity index (χ1) is 3.48. The van der Waals surface area contributed by atoms with Gasteiger partial charge in [0.1, 0.15) is 6.07 Å².